The average molecular weight is 244 g/mol. The fraction of sp³-hybridized carbons (Fsp3) is 0.231. The van der Waals surface area contributed by atoms with Crippen molar-refractivity contribution in [3.63, 3.8) is 0 Å². The highest BCUT2D eigenvalue weighted by molar-refractivity contribution is 7.13. The topological polar surface area (TPSA) is 26.5 Å². The maximum Gasteiger partial charge on any atom is 0.228 e. The highest BCUT2D eigenvalue weighted by atomic mass is 32.1. The third-order valence-electron chi connectivity index (χ3n) is 2.12. The summed E-state index contributed by atoms with van der Waals surface area (Å²) in [6, 6.07) is 5.60. The summed E-state index contributed by atoms with van der Waals surface area (Å²) in [4.78, 5) is 7.72. The third kappa shape index (κ3) is 2.63. The molecule has 1 aromatic heterocycles. The second-order valence-corrected chi connectivity index (χ2v) is 4.69. The molecule has 0 amide bonds. The molecule has 17 heavy (non-hydrogen) atoms. The molecule has 0 aliphatic rings. The van der Waals surface area contributed by atoms with Gasteiger partial charge in [0.15, 0.2) is 0 Å². The van der Waals surface area contributed by atoms with E-state index >= 15 is 0 Å². The predicted molar refractivity (Wildman–Crippen MR) is 69.6 cm³/mol. The number of nitrogens with zero attached hydrogens (tertiary/aromatic N) is 2. The van der Waals surface area contributed by atoms with Crippen LogP contribution in [0.1, 0.15) is 13.8 Å². The van der Waals surface area contributed by atoms with Gasteiger partial charge >= 0.3 is 0 Å². The lowest BCUT2D eigenvalue weighted by Gasteiger charge is -2.11. The Labute approximate surface area is 105 Å². The normalized spacial score (nSPS) is 10.2. The molecule has 0 fully saturated rings. The molecule has 4 heteroatoms. The Morgan fingerprint density at radius 1 is 1.41 bits per heavy atom. The van der Waals surface area contributed by atoms with Gasteiger partial charge in [0.1, 0.15) is 10.8 Å². The van der Waals surface area contributed by atoms with Crippen LogP contribution in [0.15, 0.2) is 29.8 Å². The number of aromatic nitrogens is 1. The van der Waals surface area contributed by atoms with Gasteiger partial charge in [0.25, 0.3) is 0 Å². The van der Waals surface area contributed by atoms with Crippen molar-refractivity contribution in [1.29, 1.82) is 0 Å². The van der Waals surface area contributed by atoms with Crippen molar-refractivity contribution in [3.8, 4) is 16.3 Å². The number of benzene rings is 1. The van der Waals surface area contributed by atoms with E-state index < -0.39 is 0 Å². The lowest BCUT2D eigenvalue weighted by molar-refractivity contribution is 0.244. The van der Waals surface area contributed by atoms with Crippen LogP contribution in [0.5, 0.6) is 5.75 Å². The molecule has 0 unspecified atom stereocenters. The van der Waals surface area contributed by atoms with E-state index in [1.165, 1.54) is 0 Å². The van der Waals surface area contributed by atoms with Crippen LogP contribution in [0.4, 0.5) is 5.69 Å². The number of thiazole rings is 1. The third-order valence-corrected chi connectivity index (χ3v) is 2.94. The number of ether oxygens (including phenoxy) is 1. The molecule has 0 aliphatic heterocycles. The summed E-state index contributed by atoms with van der Waals surface area (Å²) in [6.45, 7) is 11.1. The molecule has 0 atom stereocenters. The van der Waals surface area contributed by atoms with Crippen molar-refractivity contribution < 1.29 is 4.74 Å². The smallest absolute Gasteiger partial charge is 0.228 e. The van der Waals surface area contributed by atoms with E-state index in [4.69, 9.17) is 11.3 Å². The molecule has 0 radical (unpaired) electrons. The number of hydrogen-bond acceptors (Lipinski definition) is 3. The van der Waals surface area contributed by atoms with Gasteiger partial charge in [-0.2, -0.15) is 0 Å². The largest absolute Gasteiger partial charge is 0.502 e. The van der Waals surface area contributed by atoms with Crippen LogP contribution in [0.25, 0.3) is 15.4 Å². The molecule has 0 aliphatic carbocycles. The number of rotatable bonds is 3. The first-order chi connectivity index (χ1) is 8.20. The van der Waals surface area contributed by atoms with Crippen LogP contribution in [-0.2, 0) is 0 Å². The SMILES string of the molecule is [C-]#[N+]c1cc(-c2nccs2)ccc1OC(C)C. The highest BCUT2D eigenvalue weighted by Crippen LogP contribution is 2.34. The fourth-order valence-corrected chi connectivity index (χ4v) is 2.09. The minimum atomic E-state index is 0.0706. The van der Waals surface area contributed by atoms with Crippen molar-refractivity contribution >= 4 is 17.0 Å². The van der Waals surface area contributed by atoms with E-state index in [9.17, 15) is 0 Å². The first kappa shape index (κ1) is 11.6. The van der Waals surface area contributed by atoms with Crippen LogP contribution in [0, 0.1) is 6.57 Å². The van der Waals surface area contributed by atoms with Gasteiger partial charge in [0, 0.05) is 17.1 Å². The van der Waals surface area contributed by atoms with Gasteiger partial charge < -0.3 is 4.74 Å². The summed E-state index contributed by atoms with van der Waals surface area (Å²) in [7, 11) is 0. The summed E-state index contributed by atoms with van der Waals surface area (Å²) in [5, 5.41) is 2.84. The molecule has 1 heterocycles. The molecule has 2 aromatic rings. The second-order valence-electron chi connectivity index (χ2n) is 3.80. The summed E-state index contributed by atoms with van der Waals surface area (Å²) >= 11 is 1.56. The van der Waals surface area contributed by atoms with Gasteiger partial charge in [0.05, 0.1) is 12.7 Å². The molecule has 3 nitrogen and oxygen atoms in total. The Bertz CT molecular complexity index is 541. The molecule has 0 saturated heterocycles. The van der Waals surface area contributed by atoms with Gasteiger partial charge in [-0.15, -0.1) is 11.3 Å². The standard InChI is InChI=1S/C13H12N2OS/c1-9(2)16-12-5-4-10(8-11(12)14-3)13-15-6-7-17-13/h4-9H,1-2H3. The van der Waals surface area contributed by atoms with E-state index in [2.05, 4.69) is 9.83 Å². The molecule has 0 bridgehead atoms. The maximum absolute atomic E-state index is 7.18. The van der Waals surface area contributed by atoms with E-state index in [0.29, 0.717) is 11.4 Å². The molecule has 1 aromatic carbocycles. The summed E-state index contributed by atoms with van der Waals surface area (Å²) in [6.07, 6.45) is 1.83. The van der Waals surface area contributed by atoms with Gasteiger partial charge in [-0.1, -0.05) is 6.07 Å². The second kappa shape index (κ2) is 4.98. The van der Waals surface area contributed by atoms with Gasteiger partial charge in [-0.25, -0.2) is 9.83 Å². The Hall–Kier alpha value is -1.86. The lowest BCUT2D eigenvalue weighted by Crippen LogP contribution is -2.05. The number of hydrogen-bond donors (Lipinski definition) is 0. The molecule has 0 spiro atoms. The zero-order valence-electron chi connectivity index (χ0n) is 9.68. The van der Waals surface area contributed by atoms with Crippen LogP contribution < -0.4 is 4.74 Å². The van der Waals surface area contributed by atoms with Gasteiger partial charge in [-0.3, -0.25) is 0 Å². The van der Waals surface area contributed by atoms with Gasteiger partial charge in [0.2, 0.25) is 5.69 Å². The summed E-state index contributed by atoms with van der Waals surface area (Å²) < 4.78 is 5.58. The molecule has 0 saturated carbocycles. The van der Waals surface area contributed by atoms with E-state index in [0.717, 1.165) is 10.6 Å². The summed E-state index contributed by atoms with van der Waals surface area (Å²) in [5.74, 6) is 0.635. The van der Waals surface area contributed by atoms with Gasteiger partial charge in [-0.05, 0) is 26.0 Å². The zero-order valence-corrected chi connectivity index (χ0v) is 10.5. The first-order valence-corrected chi connectivity index (χ1v) is 6.16. The Balaban J connectivity index is 2.39. The van der Waals surface area contributed by atoms with Crippen LogP contribution >= 0.6 is 11.3 Å². The maximum atomic E-state index is 7.18. The molecule has 86 valence electrons. The monoisotopic (exact) mass is 244 g/mol. The Morgan fingerprint density at radius 2 is 2.24 bits per heavy atom. The molecular weight excluding hydrogens is 232 g/mol. The van der Waals surface area contributed by atoms with Crippen molar-refractivity contribution in [3.05, 3.63) is 41.2 Å². The highest BCUT2D eigenvalue weighted by Gasteiger charge is 2.09. The quantitative estimate of drug-likeness (QED) is 0.758. The van der Waals surface area contributed by atoms with Crippen LogP contribution in [-0.4, -0.2) is 11.1 Å². The zero-order chi connectivity index (χ0) is 12.3. The van der Waals surface area contributed by atoms with E-state index in [1.807, 2.05) is 37.4 Å². The minimum Gasteiger partial charge on any atom is -0.502 e. The average Bonchev–Trinajstić information content (AvgIpc) is 2.82. The van der Waals surface area contributed by atoms with Crippen LogP contribution in [0.3, 0.4) is 0 Å². The van der Waals surface area contributed by atoms with E-state index in [-0.39, 0.29) is 6.10 Å². The minimum absolute atomic E-state index is 0.0706. The van der Waals surface area contributed by atoms with E-state index in [1.54, 1.807) is 17.5 Å². The summed E-state index contributed by atoms with van der Waals surface area (Å²) in [5.41, 5.74) is 1.49. The Kier molecular flexibility index (Phi) is 3.40. The van der Waals surface area contributed by atoms with Crippen molar-refractivity contribution in [2.24, 2.45) is 0 Å². The van der Waals surface area contributed by atoms with Crippen LogP contribution in [0.2, 0.25) is 0 Å². The molecule has 0 N–H and O–H groups in total. The van der Waals surface area contributed by atoms with Crippen molar-refractivity contribution in [1.82, 2.24) is 4.98 Å². The fourth-order valence-electron chi connectivity index (χ4n) is 1.46. The van der Waals surface area contributed by atoms with Crippen molar-refractivity contribution in [2.75, 3.05) is 0 Å². The molecule has 2 rings (SSSR count). The molecular formula is C13H12N2OS. The Morgan fingerprint density at radius 3 is 2.82 bits per heavy atom. The first-order valence-electron chi connectivity index (χ1n) is 5.28. The predicted octanol–water partition coefficient (Wildman–Crippen LogP) is 4.15. The van der Waals surface area contributed by atoms with Crippen molar-refractivity contribution in [2.45, 2.75) is 20.0 Å². The lowest BCUT2D eigenvalue weighted by atomic mass is 10.2.